The minimum absolute atomic E-state index is 0.0165. The molecule has 0 bridgehead atoms. The van der Waals surface area contributed by atoms with Gasteiger partial charge in [-0.15, -0.1) is 0 Å². The molecule has 2 amide bonds. The summed E-state index contributed by atoms with van der Waals surface area (Å²) in [5.74, 6) is -0.584. The Kier molecular flexibility index (Phi) is 4.74. The number of carbonyl (C=O) groups excluding carboxylic acids is 2. The summed E-state index contributed by atoms with van der Waals surface area (Å²) >= 11 is 0. The number of aryl methyl sites for hydroxylation is 1. The number of nitrogens with zero attached hydrogens (tertiary/aromatic N) is 1. The van der Waals surface area contributed by atoms with Crippen LogP contribution in [0.1, 0.15) is 28.8 Å². The van der Waals surface area contributed by atoms with Gasteiger partial charge < -0.3 is 16.0 Å². The van der Waals surface area contributed by atoms with Gasteiger partial charge >= 0.3 is 0 Å². The highest BCUT2D eigenvalue weighted by molar-refractivity contribution is 5.96. The molecule has 0 radical (unpaired) electrons. The standard InChI is InChI=1S/C15H21N3O2/c1-11-2-4-12(5-3-11)15(20)18(10-14(16)19)13-6-8-17-9-7-13/h2-5,13,17H,6-10H2,1H3,(H2,16,19). The van der Waals surface area contributed by atoms with Crippen molar-refractivity contribution in [3.8, 4) is 0 Å². The van der Waals surface area contributed by atoms with E-state index in [9.17, 15) is 9.59 Å². The topological polar surface area (TPSA) is 75.4 Å². The van der Waals surface area contributed by atoms with Crippen molar-refractivity contribution in [2.24, 2.45) is 5.73 Å². The first-order valence-electron chi connectivity index (χ1n) is 6.94. The molecule has 0 atom stereocenters. The quantitative estimate of drug-likeness (QED) is 0.848. The second-order valence-corrected chi connectivity index (χ2v) is 5.25. The van der Waals surface area contributed by atoms with Crippen molar-refractivity contribution >= 4 is 11.8 Å². The number of nitrogens with one attached hydrogen (secondary N) is 1. The van der Waals surface area contributed by atoms with Crippen LogP contribution in [0.25, 0.3) is 0 Å². The maximum atomic E-state index is 12.6. The number of carbonyl (C=O) groups is 2. The van der Waals surface area contributed by atoms with Crippen LogP contribution in [0.3, 0.4) is 0 Å². The number of primary amides is 1. The highest BCUT2D eigenvalue weighted by atomic mass is 16.2. The van der Waals surface area contributed by atoms with E-state index < -0.39 is 5.91 Å². The van der Waals surface area contributed by atoms with E-state index in [2.05, 4.69) is 5.32 Å². The Balaban J connectivity index is 2.18. The molecular weight excluding hydrogens is 254 g/mol. The largest absolute Gasteiger partial charge is 0.368 e. The summed E-state index contributed by atoms with van der Waals surface area (Å²) in [5, 5.41) is 3.25. The number of amides is 2. The van der Waals surface area contributed by atoms with Gasteiger partial charge in [-0.2, -0.15) is 0 Å². The third kappa shape index (κ3) is 3.57. The molecule has 1 saturated heterocycles. The Morgan fingerprint density at radius 3 is 2.40 bits per heavy atom. The fraction of sp³-hybridized carbons (Fsp3) is 0.467. The molecule has 1 aliphatic heterocycles. The zero-order chi connectivity index (χ0) is 14.5. The van der Waals surface area contributed by atoms with E-state index in [4.69, 9.17) is 5.73 Å². The third-order valence-electron chi connectivity index (χ3n) is 3.64. The van der Waals surface area contributed by atoms with Crippen LogP contribution in [0, 0.1) is 6.92 Å². The van der Waals surface area contributed by atoms with E-state index in [1.807, 2.05) is 19.1 Å². The lowest BCUT2D eigenvalue weighted by Gasteiger charge is -2.34. The van der Waals surface area contributed by atoms with Crippen LogP contribution in [-0.4, -0.2) is 42.4 Å². The zero-order valence-corrected chi connectivity index (χ0v) is 11.8. The van der Waals surface area contributed by atoms with Crippen molar-refractivity contribution < 1.29 is 9.59 Å². The molecule has 5 nitrogen and oxygen atoms in total. The minimum Gasteiger partial charge on any atom is -0.368 e. The highest BCUT2D eigenvalue weighted by Gasteiger charge is 2.27. The molecule has 0 saturated carbocycles. The van der Waals surface area contributed by atoms with Crippen LogP contribution in [-0.2, 0) is 4.79 Å². The summed E-state index contributed by atoms with van der Waals surface area (Å²) in [6.07, 6.45) is 1.70. The minimum atomic E-state index is -0.469. The van der Waals surface area contributed by atoms with Gasteiger partial charge in [0.2, 0.25) is 5.91 Å². The summed E-state index contributed by atoms with van der Waals surface area (Å²) in [4.78, 5) is 25.5. The van der Waals surface area contributed by atoms with Crippen molar-refractivity contribution in [2.45, 2.75) is 25.8 Å². The van der Waals surface area contributed by atoms with Gasteiger partial charge in [-0.25, -0.2) is 0 Å². The molecule has 20 heavy (non-hydrogen) atoms. The first-order valence-corrected chi connectivity index (χ1v) is 6.94. The fourth-order valence-corrected chi connectivity index (χ4v) is 2.51. The summed E-state index contributed by atoms with van der Waals surface area (Å²) in [5.41, 5.74) is 7.00. The summed E-state index contributed by atoms with van der Waals surface area (Å²) < 4.78 is 0. The molecule has 0 unspecified atom stereocenters. The average Bonchev–Trinajstić information content (AvgIpc) is 2.45. The lowest BCUT2D eigenvalue weighted by molar-refractivity contribution is -0.119. The molecule has 1 fully saturated rings. The van der Waals surface area contributed by atoms with E-state index in [1.54, 1.807) is 17.0 Å². The normalized spacial score (nSPS) is 15.8. The molecule has 1 aromatic rings. The van der Waals surface area contributed by atoms with Crippen molar-refractivity contribution in [1.29, 1.82) is 0 Å². The monoisotopic (exact) mass is 275 g/mol. The van der Waals surface area contributed by atoms with Crippen LogP contribution in [0.5, 0.6) is 0 Å². The molecule has 0 aliphatic carbocycles. The lowest BCUT2D eigenvalue weighted by Crippen LogP contribution is -2.49. The van der Waals surface area contributed by atoms with Gasteiger partial charge in [-0.1, -0.05) is 17.7 Å². The number of rotatable bonds is 4. The second kappa shape index (κ2) is 6.52. The molecule has 0 spiro atoms. The number of piperidine rings is 1. The molecular formula is C15H21N3O2. The number of nitrogens with two attached hydrogens (primary N) is 1. The van der Waals surface area contributed by atoms with E-state index in [1.165, 1.54) is 0 Å². The number of benzene rings is 1. The molecule has 1 aromatic carbocycles. The molecule has 3 N–H and O–H groups in total. The van der Waals surface area contributed by atoms with Crippen LogP contribution in [0.4, 0.5) is 0 Å². The van der Waals surface area contributed by atoms with Crippen molar-refractivity contribution in [3.63, 3.8) is 0 Å². The van der Waals surface area contributed by atoms with E-state index >= 15 is 0 Å². The number of hydrogen-bond donors (Lipinski definition) is 2. The van der Waals surface area contributed by atoms with E-state index in [0.717, 1.165) is 31.5 Å². The molecule has 1 aliphatic rings. The highest BCUT2D eigenvalue weighted by Crippen LogP contribution is 2.16. The SMILES string of the molecule is Cc1ccc(C(=O)N(CC(N)=O)C2CCNCC2)cc1. The Hall–Kier alpha value is -1.88. The summed E-state index contributed by atoms with van der Waals surface area (Å²) in [7, 11) is 0. The first kappa shape index (κ1) is 14.5. The van der Waals surface area contributed by atoms with Gasteiger partial charge in [-0.3, -0.25) is 9.59 Å². The molecule has 1 heterocycles. The van der Waals surface area contributed by atoms with Gasteiger partial charge in [0.1, 0.15) is 0 Å². The summed E-state index contributed by atoms with van der Waals surface area (Å²) in [6, 6.07) is 7.48. The Morgan fingerprint density at radius 2 is 1.85 bits per heavy atom. The predicted molar refractivity (Wildman–Crippen MR) is 77.3 cm³/mol. The Labute approximate surface area is 119 Å². The van der Waals surface area contributed by atoms with Crippen LogP contribution in [0.15, 0.2) is 24.3 Å². The van der Waals surface area contributed by atoms with Crippen LogP contribution in [0.2, 0.25) is 0 Å². The lowest BCUT2D eigenvalue weighted by atomic mass is 10.0. The van der Waals surface area contributed by atoms with Gasteiger partial charge in [0.15, 0.2) is 0 Å². The molecule has 0 aromatic heterocycles. The molecule has 108 valence electrons. The van der Waals surface area contributed by atoms with Gasteiger partial charge in [-0.05, 0) is 45.0 Å². The van der Waals surface area contributed by atoms with Gasteiger partial charge in [0.05, 0.1) is 6.54 Å². The fourth-order valence-electron chi connectivity index (χ4n) is 2.51. The van der Waals surface area contributed by atoms with Crippen LogP contribution >= 0.6 is 0 Å². The van der Waals surface area contributed by atoms with Crippen molar-refractivity contribution in [3.05, 3.63) is 35.4 Å². The van der Waals surface area contributed by atoms with Gasteiger partial charge in [0.25, 0.3) is 5.91 Å². The van der Waals surface area contributed by atoms with Crippen LogP contribution < -0.4 is 11.1 Å². The Morgan fingerprint density at radius 1 is 1.25 bits per heavy atom. The van der Waals surface area contributed by atoms with Gasteiger partial charge in [0, 0.05) is 11.6 Å². The van der Waals surface area contributed by atoms with Crippen molar-refractivity contribution in [1.82, 2.24) is 10.2 Å². The second-order valence-electron chi connectivity index (χ2n) is 5.25. The maximum absolute atomic E-state index is 12.6. The number of hydrogen-bond acceptors (Lipinski definition) is 3. The maximum Gasteiger partial charge on any atom is 0.254 e. The average molecular weight is 275 g/mol. The Bertz CT molecular complexity index is 478. The summed E-state index contributed by atoms with van der Waals surface area (Å²) in [6.45, 7) is 3.68. The van der Waals surface area contributed by atoms with Crippen molar-refractivity contribution in [2.75, 3.05) is 19.6 Å². The zero-order valence-electron chi connectivity index (χ0n) is 11.8. The third-order valence-corrected chi connectivity index (χ3v) is 3.64. The molecule has 2 rings (SSSR count). The predicted octanol–water partition coefficient (Wildman–Crippen LogP) is 0.675. The first-order chi connectivity index (χ1) is 9.58. The smallest absolute Gasteiger partial charge is 0.254 e. The molecule has 5 heteroatoms. The van der Waals surface area contributed by atoms with E-state index in [0.29, 0.717) is 5.56 Å². The van der Waals surface area contributed by atoms with E-state index in [-0.39, 0.29) is 18.5 Å².